The lowest BCUT2D eigenvalue weighted by molar-refractivity contribution is 0.220. The Morgan fingerprint density at radius 3 is 2.58 bits per heavy atom. The summed E-state index contributed by atoms with van der Waals surface area (Å²) in [5, 5.41) is 8.59. The van der Waals surface area contributed by atoms with Gasteiger partial charge in [0.05, 0.1) is 11.1 Å². The number of likely N-dealkylation sites (tertiary alicyclic amines) is 1. The van der Waals surface area contributed by atoms with Crippen molar-refractivity contribution >= 4 is 27.9 Å². The van der Waals surface area contributed by atoms with Gasteiger partial charge in [-0.25, -0.2) is 15.0 Å². The van der Waals surface area contributed by atoms with Gasteiger partial charge in [-0.05, 0) is 56.7 Å². The van der Waals surface area contributed by atoms with E-state index in [4.69, 9.17) is 4.98 Å². The number of piperidine rings is 1. The second kappa shape index (κ2) is 9.77. The molecule has 0 radical (unpaired) electrons. The van der Waals surface area contributed by atoms with Crippen molar-refractivity contribution in [2.75, 3.05) is 51.2 Å². The summed E-state index contributed by atoms with van der Waals surface area (Å²) in [6.45, 7) is 7.29. The van der Waals surface area contributed by atoms with Crippen LogP contribution in [-0.2, 0) is 6.54 Å². The number of fused-ring (bicyclic) bond motifs is 2. The Kier molecular flexibility index (Phi) is 5.98. The lowest BCUT2D eigenvalue weighted by Gasteiger charge is -2.33. The number of likely N-dealkylation sites (N-methyl/N-ethyl adjacent to an activating group) is 1. The first kappa shape index (κ1) is 23.2. The SMILES string of the molecule is CN1CCN(c2ccnc3[nH]c(-c4n[nH]c5ncc(-c6cncc(CN7CCCCC7)c6)cc45)nc23)CC1. The molecule has 2 aliphatic rings. The predicted molar refractivity (Wildman–Crippen MR) is 149 cm³/mol. The average molecular weight is 509 g/mol. The monoisotopic (exact) mass is 508 g/mol. The van der Waals surface area contributed by atoms with Crippen LogP contribution in [0, 0.1) is 0 Å². The van der Waals surface area contributed by atoms with Gasteiger partial charge < -0.3 is 14.8 Å². The lowest BCUT2D eigenvalue weighted by atomic mass is 10.1. The first-order valence-electron chi connectivity index (χ1n) is 13.5. The lowest BCUT2D eigenvalue weighted by Crippen LogP contribution is -2.44. The number of nitrogens with zero attached hydrogens (tertiary/aromatic N) is 8. The number of aromatic amines is 2. The van der Waals surface area contributed by atoms with Crippen molar-refractivity contribution in [1.29, 1.82) is 0 Å². The van der Waals surface area contributed by atoms with Gasteiger partial charge in [-0.2, -0.15) is 5.10 Å². The normalized spacial score (nSPS) is 17.6. The minimum absolute atomic E-state index is 0.691. The third-order valence-corrected chi connectivity index (χ3v) is 7.83. The summed E-state index contributed by atoms with van der Waals surface area (Å²) >= 11 is 0. The molecule has 0 spiro atoms. The average Bonchev–Trinajstić information content (AvgIpc) is 3.58. The molecule has 5 aromatic heterocycles. The van der Waals surface area contributed by atoms with Gasteiger partial charge in [-0.1, -0.05) is 6.42 Å². The van der Waals surface area contributed by atoms with Gasteiger partial charge in [0.15, 0.2) is 17.1 Å². The van der Waals surface area contributed by atoms with Crippen molar-refractivity contribution in [3.05, 3.63) is 48.5 Å². The first-order valence-corrected chi connectivity index (χ1v) is 13.5. The summed E-state index contributed by atoms with van der Waals surface area (Å²) in [7, 11) is 2.16. The van der Waals surface area contributed by atoms with Crippen LogP contribution < -0.4 is 4.90 Å². The smallest absolute Gasteiger partial charge is 0.161 e. The Hall–Kier alpha value is -3.89. The van der Waals surface area contributed by atoms with Crippen LogP contribution in [0.3, 0.4) is 0 Å². The number of piperazine rings is 1. The van der Waals surface area contributed by atoms with E-state index in [-0.39, 0.29) is 0 Å². The summed E-state index contributed by atoms with van der Waals surface area (Å²) in [5.74, 6) is 0.691. The number of aromatic nitrogens is 7. The number of H-pyrrole nitrogens is 2. The van der Waals surface area contributed by atoms with Gasteiger partial charge in [0.1, 0.15) is 11.2 Å². The Labute approximate surface area is 221 Å². The van der Waals surface area contributed by atoms with Crippen molar-refractivity contribution < 1.29 is 0 Å². The van der Waals surface area contributed by atoms with E-state index in [0.29, 0.717) is 5.82 Å². The molecule has 38 heavy (non-hydrogen) atoms. The fourth-order valence-electron chi connectivity index (χ4n) is 5.66. The van der Waals surface area contributed by atoms with Crippen molar-refractivity contribution in [1.82, 2.24) is 44.9 Å². The second-order valence-electron chi connectivity index (χ2n) is 10.5. The standard InChI is InChI=1S/C28H32N10/c1-36-9-11-38(12-10-36)23-5-6-30-27-25(23)32-28(33-27)24-22-14-21(17-31-26(22)35-34-24)20-13-19(15-29-16-20)18-37-7-3-2-4-8-37/h5-6,13-17H,2-4,7-12,18H2,1H3,(H,30,32,33)(H,31,34,35). The summed E-state index contributed by atoms with van der Waals surface area (Å²) in [5.41, 5.74) is 7.54. The van der Waals surface area contributed by atoms with E-state index in [1.165, 1.54) is 37.9 Å². The molecule has 2 N–H and O–H groups in total. The number of pyridine rings is 3. The maximum atomic E-state index is 4.98. The van der Waals surface area contributed by atoms with Crippen LogP contribution in [0.5, 0.6) is 0 Å². The molecule has 10 heteroatoms. The number of rotatable bonds is 5. The zero-order valence-electron chi connectivity index (χ0n) is 21.7. The Balaban J connectivity index is 1.22. The van der Waals surface area contributed by atoms with Crippen LogP contribution >= 0.6 is 0 Å². The molecule has 0 aliphatic carbocycles. The van der Waals surface area contributed by atoms with Gasteiger partial charge in [-0.3, -0.25) is 15.0 Å². The molecule has 7 heterocycles. The van der Waals surface area contributed by atoms with Gasteiger partial charge in [0, 0.05) is 68.6 Å². The molecule has 0 aromatic carbocycles. The maximum Gasteiger partial charge on any atom is 0.161 e. The molecule has 2 saturated heterocycles. The zero-order chi connectivity index (χ0) is 25.5. The quantitative estimate of drug-likeness (QED) is 0.370. The van der Waals surface area contributed by atoms with Crippen molar-refractivity contribution in [3.63, 3.8) is 0 Å². The highest BCUT2D eigenvalue weighted by atomic mass is 15.3. The Morgan fingerprint density at radius 1 is 0.868 bits per heavy atom. The molecule has 0 unspecified atom stereocenters. The van der Waals surface area contributed by atoms with Gasteiger partial charge in [0.25, 0.3) is 0 Å². The number of hydrogen-bond acceptors (Lipinski definition) is 8. The van der Waals surface area contributed by atoms with Crippen LogP contribution in [0.2, 0.25) is 0 Å². The highest BCUT2D eigenvalue weighted by Gasteiger charge is 2.21. The van der Waals surface area contributed by atoms with E-state index in [9.17, 15) is 0 Å². The van der Waals surface area contributed by atoms with Crippen molar-refractivity contribution in [2.45, 2.75) is 25.8 Å². The van der Waals surface area contributed by atoms with E-state index in [1.54, 1.807) is 0 Å². The third kappa shape index (κ3) is 4.39. The van der Waals surface area contributed by atoms with Gasteiger partial charge in [0.2, 0.25) is 0 Å². The topological polar surface area (TPSA) is 106 Å². The maximum absolute atomic E-state index is 4.98. The second-order valence-corrected chi connectivity index (χ2v) is 10.5. The minimum Gasteiger partial charge on any atom is -0.367 e. The molecule has 194 valence electrons. The van der Waals surface area contributed by atoms with Gasteiger partial charge >= 0.3 is 0 Å². The fourth-order valence-corrected chi connectivity index (χ4v) is 5.66. The summed E-state index contributed by atoms with van der Waals surface area (Å²) in [6, 6.07) is 6.42. The molecular formula is C28H32N10. The van der Waals surface area contributed by atoms with E-state index in [1.807, 2.05) is 24.8 Å². The largest absolute Gasteiger partial charge is 0.367 e. The summed E-state index contributed by atoms with van der Waals surface area (Å²) in [4.78, 5) is 29.4. The molecule has 0 atom stereocenters. The van der Waals surface area contributed by atoms with Crippen LogP contribution in [0.25, 0.3) is 44.8 Å². The molecule has 2 fully saturated rings. The summed E-state index contributed by atoms with van der Waals surface area (Å²) < 4.78 is 0. The highest BCUT2D eigenvalue weighted by Crippen LogP contribution is 2.31. The van der Waals surface area contributed by atoms with E-state index in [2.05, 4.69) is 70.1 Å². The van der Waals surface area contributed by atoms with E-state index < -0.39 is 0 Å². The van der Waals surface area contributed by atoms with E-state index >= 15 is 0 Å². The molecule has 0 amide bonds. The van der Waals surface area contributed by atoms with Crippen LogP contribution in [-0.4, -0.2) is 91.2 Å². The minimum atomic E-state index is 0.691. The molecule has 7 rings (SSSR count). The Morgan fingerprint density at radius 2 is 1.71 bits per heavy atom. The molecule has 5 aromatic rings. The van der Waals surface area contributed by atoms with Crippen molar-refractivity contribution in [3.8, 4) is 22.6 Å². The Bertz CT molecular complexity index is 1570. The molecular weight excluding hydrogens is 476 g/mol. The highest BCUT2D eigenvalue weighted by molar-refractivity contribution is 5.95. The van der Waals surface area contributed by atoms with Crippen LogP contribution in [0.15, 0.2) is 43.0 Å². The summed E-state index contributed by atoms with van der Waals surface area (Å²) in [6.07, 6.45) is 11.5. The number of anilines is 1. The van der Waals surface area contributed by atoms with Gasteiger partial charge in [-0.15, -0.1) is 0 Å². The fraction of sp³-hybridized carbons (Fsp3) is 0.393. The third-order valence-electron chi connectivity index (χ3n) is 7.83. The number of imidazole rings is 1. The first-order chi connectivity index (χ1) is 18.7. The van der Waals surface area contributed by atoms with Crippen molar-refractivity contribution in [2.24, 2.45) is 0 Å². The van der Waals surface area contributed by atoms with Crippen LogP contribution in [0.1, 0.15) is 24.8 Å². The molecule has 0 bridgehead atoms. The molecule has 0 saturated carbocycles. The number of hydrogen-bond donors (Lipinski definition) is 2. The number of nitrogens with one attached hydrogen (secondary N) is 2. The zero-order valence-corrected chi connectivity index (χ0v) is 21.7. The van der Waals surface area contributed by atoms with E-state index in [0.717, 1.165) is 77.4 Å². The predicted octanol–water partition coefficient (Wildman–Crippen LogP) is 3.70. The molecule has 10 nitrogen and oxygen atoms in total. The van der Waals surface area contributed by atoms with Crippen LogP contribution in [0.4, 0.5) is 5.69 Å². The molecule has 2 aliphatic heterocycles.